The molecule has 3 nitrogen and oxygen atoms in total. The Morgan fingerprint density at radius 1 is 1.07 bits per heavy atom. The second-order valence-electron chi connectivity index (χ2n) is 3.42. The molecule has 0 saturated carbocycles. The van der Waals surface area contributed by atoms with Crippen LogP contribution in [0.3, 0.4) is 0 Å². The van der Waals surface area contributed by atoms with Gasteiger partial charge >= 0.3 is 51.4 Å². The van der Waals surface area contributed by atoms with Crippen molar-refractivity contribution in [2.75, 3.05) is 0 Å². The second-order valence-corrected chi connectivity index (χ2v) is 4.68. The van der Waals surface area contributed by atoms with E-state index >= 15 is 0 Å². The van der Waals surface area contributed by atoms with Crippen LogP contribution in [0.4, 0.5) is 0 Å². The van der Waals surface area contributed by atoms with Crippen LogP contribution >= 0.6 is 0 Å². The first-order valence-electron chi connectivity index (χ1n) is 5.18. The molecule has 0 saturated heterocycles. The molecule has 0 aromatic rings. The van der Waals surface area contributed by atoms with Gasteiger partial charge in [0.05, 0.1) is 0 Å². The summed E-state index contributed by atoms with van der Waals surface area (Å²) in [4.78, 5) is 0. The van der Waals surface area contributed by atoms with E-state index in [1.54, 1.807) is 0 Å². The molecule has 0 N–H and O–H groups in total. The average Bonchev–Trinajstić information content (AvgIpc) is 2.08. The summed E-state index contributed by atoms with van der Waals surface area (Å²) < 4.78 is 30.5. The van der Waals surface area contributed by atoms with Crippen molar-refractivity contribution in [3.05, 3.63) is 11.5 Å². The molecule has 0 heterocycles. The zero-order valence-corrected chi connectivity index (χ0v) is 13.7. The fourth-order valence-corrected chi connectivity index (χ4v) is 1.60. The fraction of sp³-hybridized carbons (Fsp3) is 0.800. The first-order valence-corrected chi connectivity index (χ1v) is 6.66. The first kappa shape index (κ1) is 18.6. The van der Waals surface area contributed by atoms with Gasteiger partial charge in [0.25, 0.3) is 0 Å². The van der Waals surface area contributed by atoms with E-state index < -0.39 is 10.1 Å². The molecule has 0 rings (SSSR count). The van der Waals surface area contributed by atoms with Gasteiger partial charge in [-0.15, -0.1) is 0 Å². The third-order valence-electron chi connectivity index (χ3n) is 1.99. The van der Waals surface area contributed by atoms with Crippen LogP contribution in [-0.2, 0) is 10.1 Å². The number of hydrogen-bond acceptors (Lipinski definition) is 3. The molecule has 15 heavy (non-hydrogen) atoms. The van der Waals surface area contributed by atoms with Gasteiger partial charge in [0, 0.05) is 5.41 Å². The minimum Gasteiger partial charge on any atom is -0.744 e. The van der Waals surface area contributed by atoms with E-state index in [1.807, 2.05) is 0 Å². The predicted molar refractivity (Wildman–Crippen MR) is 56.8 cm³/mol. The normalized spacial score (nSPS) is 11.6. The molecule has 0 bridgehead atoms. The van der Waals surface area contributed by atoms with Crippen molar-refractivity contribution in [2.45, 2.75) is 51.9 Å². The van der Waals surface area contributed by atoms with Crippen LogP contribution in [0.1, 0.15) is 51.9 Å². The molecule has 0 aliphatic heterocycles. The molecule has 0 fully saturated rings. The Balaban J connectivity index is 0. The summed E-state index contributed by atoms with van der Waals surface area (Å²) in [5.41, 5.74) is 0. The van der Waals surface area contributed by atoms with Crippen molar-refractivity contribution in [2.24, 2.45) is 0 Å². The van der Waals surface area contributed by atoms with Crippen LogP contribution in [0, 0.1) is 0 Å². The summed E-state index contributed by atoms with van der Waals surface area (Å²) in [6, 6.07) is 0. The summed E-state index contributed by atoms with van der Waals surface area (Å²) in [7, 11) is -4.16. The van der Waals surface area contributed by atoms with Crippen LogP contribution in [0.5, 0.6) is 0 Å². The Hall–Kier alpha value is 1.29. The third kappa shape index (κ3) is 17.9. The van der Waals surface area contributed by atoms with Crippen LogP contribution in [0.15, 0.2) is 11.5 Å². The molecule has 0 aliphatic carbocycles. The van der Waals surface area contributed by atoms with Gasteiger partial charge in [0.15, 0.2) is 0 Å². The Morgan fingerprint density at radius 3 is 2.13 bits per heavy atom. The molecule has 0 unspecified atom stereocenters. The topological polar surface area (TPSA) is 57.2 Å². The molecule has 0 aromatic heterocycles. The fourth-order valence-electron chi connectivity index (χ4n) is 1.23. The summed E-state index contributed by atoms with van der Waals surface area (Å²) in [5.74, 6) is 0. The molecular weight excluding hydrogens is 239 g/mol. The summed E-state index contributed by atoms with van der Waals surface area (Å²) in [6.45, 7) is 2.17. The maximum absolute atomic E-state index is 10.2. The SMILES string of the molecule is CCCCCCCCC=CS(=O)(=O)[O-].[K+]. The predicted octanol–water partition coefficient (Wildman–Crippen LogP) is -0.200. The molecule has 0 aromatic carbocycles. The van der Waals surface area contributed by atoms with E-state index in [-0.39, 0.29) is 51.4 Å². The number of hydrogen-bond donors (Lipinski definition) is 0. The molecular formula is C10H19KO3S. The van der Waals surface area contributed by atoms with Gasteiger partial charge in [0.1, 0.15) is 10.1 Å². The van der Waals surface area contributed by atoms with Gasteiger partial charge in [-0.25, -0.2) is 8.42 Å². The summed E-state index contributed by atoms with van der Waals surface area (Å²) >= 11 is 0. The van der Waals surface area contributed by atoms with E-state index in [0.29, 0.717) is 6.42 Å². The Morgan fingerprint density at radius 2 is 1.60 bits per heavy atom. The largest absolute Gasteiger partial charge is 1.00 e. The molecule has 0 spiro atoms. The van der Waals surface area contributed by atoms with Crippen molar-refractivity contribution in [3.8, 4) is 0 Å². The van der Waals surface area contributed by atoms with E-state index in [1.165, 1.54) is 31.8 Å². The molecule has 5 heteroatoms. The zero-order valence-electron chi connectivity index (χ0n) is 9.74. The monoisotopic (exact) mass is 258 g/mol. The third-order valence-corrected chi connectivity index (χ3v) is 2.51. The van der Waals surface area contributed by atoms with Gasteiger partial charge < -0.3 is 4.55 Å². The van der Waals surface area contributed by atoms with Crippen molar-refractivity contribution in [1.29, 1.82) is 0 Å². The van der Waals surface area contributed by atoms with Crippen molar-refractivity contribution in [3.63, 3.8) is 0 Å². The quantitative estimate of drug-likeness (QED) is 0.344. The maximum Gasteiger partial charge on any atom is 1.00 e. The second kappa shape index (κ2) is 11.8. The minimum atomic E-state index is -4.16. The van der Waals surface area contributed by atoms with Gasteiger partial charge in [-0.3, -0.25) is 0 Å². The van der Waals surface area contributed by atoms with Crippen molar-refractivity contribution < 1.29 is 64.4 Å². The molecule has 0 radical (unpaired) electrons. The van der Waals surface area contributed by atoms with E-state index in [9.17, 15) is 13.0 Å². The molecule has 0 amide bonds. The van der Waals surface area contributed by atoms with Crippen molar-refractivity contribution >= 4 is 10.1 Å². The first-order chi connectivity index (χ1) is 6.56. The van der Waals surface area contributed by atoms with Gasteiger partial charge in [-0.05, 0) is 12.8 Å². The van der Waals surface area contributed by atoms with E-state index in [0.717, 1.165) is 18.2 Å². The standard InChI is InChI=1S/C10H20O3S.K/c1-2-3-4-5-6-7-8-9-10-14(11,12)13;/h9-10H,2-8H2,1H3,(H,11,12,13);/q;+1/p-1. The smallest absolute Gasteiger partial charge is 0.744 e. The van der Waals surface area contributed by atoms with Crippen molar-refractivity contribution in [1.82, 2.24) is 0 Å². The molecule has 0 atom stereocenters. The number of unbranched alkanes of at least 4 members (excludes halogenated alkanes) is 6. The van der Waals surface area contributed by atoms with Crippen LogP contribution in [0.2, 0.25) is 0 Å². The van der Waals surface area contributed by atoms with Crippen LogP contribution in [0.25, 0.3) is 0 Å². The van der Waals surface area contributed by atoms with E-state index in [4.69, 9.17) is 0 Å². The van der Waals surface area contributed by atoms with Gasteiger partial charge in [-0.2, -0.15) is 0 Å². The average molecular weight is 258 g/mol. The Labute approximate surface area is 136 Å². The van der Waals surface area contributed by atoms with Crippen LogP contribution in [-0.4, -0.2) is 13.0 Å². The number of allylic oxidation sites excluding steroid dienone is 1. The summed E-state index contributed by atoms with van der Waals surface area (Å²) in [5, 5.41) is 0.749. The molecule has 84 valence electrons. The van der Waals surface area contributed by atoms with Crippen LogP contribution < -0.4 is 51.4 Å². The number of rotatable bonds is 8. The summed E-state index contributed by atoms with van der Waals surface area (Å²) in [6.07, 6.45) is 9.17. The molecule has 0 aliphatic rings. The van der Waals surface area contributed by atoms with E-state index in [2.05, 4.69) is 6.92 Å². The maximum atomic E-state index is 10.2. The zero-order chi connectivity index (χ0) is 10.9. The minimum absolute atomic E-state index is 0. The Bertz CT molecular complexity index is 247. The van der Waals surface area contributed by atoms with Gasteiger partial charge in [0.2, 0.25) is 0 Å². The van der Waals surface area contributed by atoms with Gasteiger partial charge in [-0.1, -0.05) is 45.1 Å². The Kier molecular flexibility index (Phi) is 14.6.